The molecule has 0 bridgehead atoms. The van der Waals surface area contributed by atoms with Gasteiger partial charge < -0.3 is 9.84 Å². The number of carbonyl (C=O) groups is 2. The van der Waals surface area contributed by atoms with Gasteiger partial charge in [0.05, 0.1) is 6.10 Å². The van der Waals surface area contributed by atoms with Crippen molar-refractivity contribution >= 4 is 23.7 Å². The Bertz CT molecular complexity index is 350. The highest BCUT2D eigenvalue weighted by molar-refractivity contribution is 8.01. The molecule has 2 N–H and O–H groups in total. The summed E-state index contributed by atoms with van der Waals surface area (Å²) in [6.07, 6.45) is 5.33. The van der Waals surface area contributed by atoms with Crippen molar-refractivity contribution in [3.8, 4) is 0 Å². The first-order valence-electron chi connectivity index (χ1n) is 7.24. The number of ether oxygens (including phenoxy) is 1. The Labute approximate surface area is 124 Å². The molecule has 0 aromatic heterocycles. The molecule has 1 heterocycles. The molecule has 0 aromatic carbocycles. The third-order valence-corrected chi connectivity index (χ3v) is 4.81. The number of hydrogen-bond donors (Lipinski definition) is 2. The molecule has 20 heavy (non-hydrogen) atoms. The molecule has 3 unspecified atom stereocenters. The van der Waals surface area contributed by atoms with E-state index in [0.717, 1.165) is 19.3 Å². The van der Waals surface area contributed by atoms with E-state index in [1.165, 1.54) is 24.6 Å². The highest BCUT2D eigenvalue weighted by Gasteiger charge is 2.45. The van der Waals surface area contributed by atoms with Gasteiger partial charge in [-0.1, -0.05) is 26.2 Å². The number of thioether (sulfide) groups is 1. The molecule has 0 aromatic rings. The molecular formula is C14H25NO4S. The number of carbonyl (C=O) groups excluding carboxylic acids is 1. The van der Waals surface area contributed by atoms with E-state index in [4.69, 9.17) is 9.84 Å². The molecule has 0 radical (unpaired) electrons. The molecule has 0 saturated carbocycles. The molecule has 1 fully saturated rings. The highest BCUT2D eigenvalue weighted by atomic mass is 32.2. The molecule has 116 valence electrons. The number of esters is 1. The van der Waals surface area contributed by atoms with Crippen LogP contribution < -0.4 is 5.32 Å². The average molecular weight is 303 g/mol. The smallest absolute Gasteiger partial charge is 0.336 e. The van der Waals surface area contributed by atoms with Crippen LogP contribution in [0.2, 0.25) is 0 Å². The summed E-state index contributed by atoms with van der Waals surface area (Å²) >= 11 is 1.30. The fourth-order valence-electron chi connectivity index (χ4n) is 2.13. The van der Waals surface area contributed by atoms with Crippen LogP contribution in [0.5, 0.6) is 0 Å². The van der Waals surface area contributed by atoms with Crippen molar-refractivity contribution in [2.24, 2.45) is 0 Å². The van der Waals surface area contributed by atoms with E-state index < -0.39 is 16.9 Å². The van der Waals surface area contributed by atoms with Crippen molar-refractivity contribution in [2.75, 3.05) is 5.75 Å². The second-order valence-electron chi connectivity index (χ2n) is 5.44. The first-order valence-corrected chi connectivity index (χ1v) is 8.23. The summed E-state index contributed by atoms with van der Waals surface area (Å²) < 4.78 is 5.43. The van der Waals surface area contributed by atoms with Crippen molar-refractivity contribution in [1.82, 2.24) is 5.32 Å². The van der Waals surface area contributed by atoms with E-state index in [2.05, 4.69) is 12.2 Å². The van der Waals surface area contributed by atoms with Gasteiger partial charge in [0.15, 0.2) is 4.87 Å². The van der Waals surface area contributed by atoms with Gasteiger partial charge in [-0.3, -0.25) is 10.1 Å². The third kappa shape index (κ3) is 4.98. The summed E-state index contributed by atoms with van der Waals surface area (Å²) in [7, 11) is 0. The zero-order valence-electron chi connectivity index (χ0n) is 12.5. The quantitative estimate of drug-likeness (QED) is 0.530. The van der Waals surface area contributed by atoms with Crippen molar-refractivity contribution in [3.63, 3.8) is 0 Å². The van der Waals surface area contributed by atoms with Crippen molar-refractivity contribution < 1.29 is 19.4 Å². The standard InChI is InChI=1S/C14H25NO4S/c1-4-5-6-7-8-10(2)19-13(18)14(3)15-11(9-20-14)12(16)17/h10-11,15H,4-9H2,1-3H3,(H,16,17). The predicted molar refractivity (Wildman–Crippen MR) is 79.7 cm³/mol. The summed E-state index contributed by atoms with van der Waals surface area (Å²) in [5.74, 6) is -0.915. The molecule has 5 nitrogen and oxygen atoms in total. The minimum Gasteiger partial charge on any atom is -0.480 e. The number of rotatable bonds is 8. The van der Waals surface area contributed by atoms with E-state index in [1.807, 2.05) is 6.92 Å². The lowest BCUT2D eigenvalue weighted by Gasteiger charge is -2.24. The molecule has 1 rings (SSSR count). The topological polar surface area (TPSA) is 75.6 Å². The summed E-state index contributed by atoms with van der Waals surface area (Å²) in [6, 6.07) is -0.683. The van der Waals surface area contributed by atoms with Crippen LogP contribution in [0.1, 0.15) is 52.9 Å². The third-order valence-electron chi connectivity index (χ3n) is 3.45. The van der Waals surface area contributed by atoms with Gasteiger partial charge in [0, 0.05) is 5.75 Å². The predicted octanol–water partition coefficient (Wildman–Crippen LogP) is 2.39. The Morgan fingerprint density at radius 2 is 2.15 bits per heavy atom. The Kier molecular flexibility index (Phi) is 6.82. The van der Waals surface area contributed by atoms with Gasteiger partial charge in [0.25, 0.3) is 0 Å². The zero-order chi connectivity index (χ0) is 15.2. The molecule has 1 saturated heterocycles. The summed E-state index contributed by atoms with van der Waals surface area (Å²) in [6.45, 7) is 5.74. The first-order chi connectivity index (χ1) is 9.39. The fourth-order valence-corrected chi connectivity index (χ4v) is 3.25. The number of carboxylic acids is 1. The Morgan fingerprint density at radius 1 is 1.45 bits per heavy atom. The maximum atomic E-state index is 12.1. The lowest BCUT2D eigenvalue weighted by atomic mass is 10.1. The van der Waals surface area contributed by atoms with E-state index >= 15 is 0 Å². The number of hydrogen-bond acceptors (Lipinski definition) is 5. The lowest BCUT2D eigenvalue weighted by molar-refractivity contribution is -0.152. The zero-order valence-corrected chi connectivity index (χ0v) is 13.3. The molecule has 0 aliphatic carbocycles. The van der Waals surface area contributed by atoms with Gasteiger partial charge in [-0.05, 0) is 26.7 Å². The average Bonchev–Trinajstić information content (AvgIpc) is 2.79. The van der Waals surface area contributed by atoms with Crippen LogP contribution in [-0.2, 0) is 14.3 Å². The minimum absolute atomic E-state index is 0.123. The largest absolute Gasteiger partial charge is 0.480 e. The van der Waals surface area contributed by atoms with Crippen molar-refractivity contribution in [2.45, 2.75) is 69.9 Å². The fraction of sp³-hybridized carbons (Fsp3) is 0.857. The van der Waals surface area contributed by atoms with E-state index in [9.17, 15) is 9.59 Å². The van der Waals surface area contributed by atoms with Gasteiger partial charge in [-0.2, -0.15) is 0 Å². The Hall–Kier alpha value is -0.750. The second kappa shape index (κ2) is 7.88. The van der Waals surface area contributed by atoms with Crippen LogP contribution in [0, 0.1) is 0 Å². The van der Waals surface area contributed by atoms with Crippen LogP contribution >= 0.6 is 11.8 Å². The van der Waals surface area contributed by atoms with E-state index in [0.29, 0.717) is 5.75 Å². The number of nitrogens with one attached hydrogen (secondary N) is 1. The van der Waals surface area contributed by atoms with Crippen molar-refractivity contribution in [1.29, 1.82) is 0 Å². The molecule has 0 spiro atoms. The Balaban J connectivity index is 2.36. The maximum absolute atomic E-state index is 12.1. The second-order valence-corrected chi connectivity index (χ2v) is 6.88. The normalized spacial score (nSPS) is 27.2. The highest BCUT2D eigenvalue weighted by Crippen LogP contribution is 2.32. The number of carboxylic acid groups (broad SMARTS) is 1. The van der Waals surface area contributed by atoms with Crippen molar-refractivity contribution in [3.05, 3.63) is 0 Å². The van der Waals surface area contributed by atoms with Gasteiger partial charge in [0.1, 0.15) is 6.04 Å². The van der Waals surface area contributed by atoms with Crippen LogP contribution in [0.25, 0.3) is 0 Å². The van der Waals surface area contributed by atoms with Gasteiger partial charge in [-0.15, -0.1) is 11.8 Å². The summed E-state index contributed by atoms with van der Waals surface area (Å²) in [5.41, 5.74) is 0. The molecule has 1 aliphatic rings. The SMILES string of the molecule is CCCCCCC(C)OC(=O)C1(C)NC(C(=O)O)CS1. The number of unbranched alkanes of at least 4 members (excludes halogenated alkanes) is 3. The van der Waals surface area contributed by atoms with Crippen LogP contribution in [0.4, 0.5) is 0 Å². The maximum Gasteiger partial charge on any atom is 0.336 e. The molecule has 0 amide bonds. The van der Waals surface area contributed by atoms with E-state index in [-0.39, 0.29) is 12.1 Å². The van der Waals surface area contributed by atoms with E-state index in [1.54, 1.807) is 6.92 Å². The first kappa shape index (κ1) is 17.3. The minimum atomic E-state index is -0.944. The van der Waals surface area contributed by atoms with Crippen LogP contribution in [-0.4, -0.2) is 39.8 Å². The number of aliphatic carboxylic acids is 1. The lowest BCUT2D eigenvalue weighted by Crippen LogP contribution is -2.49. The molecule has 1 aliphatic heterocycles. The molecule has 3 atom stereocenters. The van der Waals surface area contributed by atoms with Crippen LogP contribution in [0.3, 0.4) is 0 Å². The summed E-state index contributed by atoms with van der Waals surface area (Å²) in [4.78, 5) is 22.1. The van der Waals surface area contributed by atoms with Crippen LogP contribution in [0.15, 0.2) is 0 Å². The van der Waals surface area contributed by atoms with Gasteiger partial charge >= 0.3 is 11.9 Å². The molecular weight excluding hydrogens is 278 g/mol. The van der Waals surface area contributed by atoms with Gasteiger partial charge in [0.2, 0.25) is 0 Å². The Morgan fingerprint density at radius 3 is 2.70 bits per heavy atom. The summed E-state index contributed by atoms with van der Waals surface area (Å²) in [5, 5.41) is 11.8. The molecule has 6 heteroatoms. The monoisotopic (exact) mass is 303 g/mol. The van der Waals surface area contributed by atoms with Gasteiger partial charge in [-0.25, -0.2) is 4.79 Å².